The molecule has 29 heavy (non-hydrogen) atoms. The molecule has 0 aromatic heterocycles. The number of nitrogens with zero attached hydrogens (tertiary/aromatic N) is 1. The molecule has 4 aromatic carbocycles. The summed E-state index contributed by atoms with van der Waals surface area (Å²) < 4.78 is 0. The van der Waals surface area contributed by atoms with Crippen LogP contribution >= 0.6 is 0 Å². The van der Waals surface area contributed by atoms with Crippen molar-refractivity contribution in [1.29, 1.82) is 0 Å². The van der Waals surface area contributed by atoms with Crippen LogP contribution in [0, 0.1) is 0 Å². The zero-order chi connectivity index (χ0) is 20.1. The highest BCUT2D eigenvalue weighted by molar-refractivity contribution is 5.93. The normalized spacial score (nSPS) is 11.6. The van der Waals surface area contributed by atoms with Crippen LogP contribution in [0.3, 0.4) is 0 Å². The summed E-state index contributed by atoms with van der Waals surface area (Å²) in [6, 6.07) is 31.7. The molecule has 0 radical (unpaired) electrons. The molecule has 0 fully saturated rings. The van der Waals surface area contributed by atoms with Crippen molar-refractivity contribution in [2.75, 3.05) is 0 Å². The molecule has 4 rings (SSSR count). The largest absolute Gasteiger partial charge is 0.372 e. The van der Waals surface area contributed by atoms with E-state index >= 15 is 0 Å². The Bertz CT molecular complexity index is 1120. The molecule has 0 unspecified atom stereocenters. The lowest BCUT2D eigenvalue weighted by molar-refractivity contribution is -0.136. The summed E-state index contributed by atoms with van der Waals surface area (Å²) in [5, 5.41) is 17.7. The van der Waals surface area contributed by atoms with Crippen molar-refractivity contribution in [1.82, 2.24) is 5.43 Å². The summed E-state index contributed by atoms with van der Waals surface area (Å²) in [4.78, 5) is 13.0. The first-order valence-electron chi connectivity index (χ1n) is 9.33. The zero-order valence-corrected chi connectivity index (χ0v) is 15.7. The van der Waals surface area contributed by atoms with Gasteiger partial charge >= 0.3 is 0 Å². The van der Waals surface area contributed by atoms with Crippen molar-refractivity contribution in [3.05, 3.63) is 120 Å². The van der Waals surface area contributed by atoms with Crippen molar-refractivity contribution in [3.8, 4) is 0 Å². The molecule has 1 amide bonds. The Hall–Kier alpha value is -3.76. The van der Waals surface area contributed by atoms with Crippen molar-refractivity contribution < 1.29 is 9.90 Å². The van der Waals surface area contributed by atoms with Crippen LogP contribution in [-0.2, 0) is 10.4 Å². The third-order valence-electron chi connectivity index (χ3n) is 4.86. The van der Waals surface area contributed by atoms with Gasteiger partial charge in [0.1, 0.15) is 0 Å². The molecule has 142 valence electrons. The van der Waals surface area contributed by atoms with E-state index in [0.29, 0.717) is 11.1 Å². The van der Waals surface area contributed by atoms with Gasteiger partial charge in [-0.3, -0.25) is 4.79 Å². The molecule has 4 aromatic rings. The number of rotatable bonds is 5. The third-order valence-corrected chi connectivity index (χ3v) is 4.86. The molecule has 0 atom stereocenters. The van der Waals surface area contributed by atoms with E-state index in [2.05, 4.69) is 10.5 Å². The van der Waals surface area contributed by atoms with Crippen molar-refractivity contribution in [3.63, 3.8) is 0 Å². The Kier molecular flexibility index (Phi) is 5.18. The van der Waals surface area contributed by atoms with E-state index in [1.165, 1.54) is 0 Å². The average molecular weight is 380 g/mol. The van der Waals surface area contributed by atoms with E-state index in [1.807, 2.05) is 54.6 Å². The second kappa shape index (κ2) is 8.09. The van der Waals surface area contributed by atoms with Gasteiger partial charge in [-0.05, 0) is 33.5 Å². The van der Waals surface area contributed by atoms with E-state index in [9.17, 15) is 9.90 Å². The number of nitrogens with one attached hydrogen (secondary N) is 1. The van der Waals surface area contributed by atoms with Crippen molar-refractivity contribution >= 4 is 22.9 Å². The second-order valence-electron chi connectivity index (χ2n) is 6.75. The van der Waals surface area contributed by atoms with E-state index in [4.69, 9.17) is 0 Å². The summed E-state index contributed by atoms with van der Waals surface area (Å²) >= 11 is 0. The molecule has 0 aliphatic heterocycles. The second-order valence-corrected chi connectivity index (χ2v) is 6.75. The van der Waals surface area contributed by atoms with Gasteiger partial charge < -0.3 is 5.11 Å². The van der Waals surface area contributed by atoms with Gasteiger partial charge in [0.15, 0.2) is 5.60 Å². The Balaban J connectivity index is 1.60. The van der Waals surface area contributed by atoms with Crippen molar-refractivity contribution in [2.45, 2.75) is 5.60 Å². The first-order chi connectivity index (χ1) is 14.2. The highest BCUT2D eigenvalue weighted by atomic mass is 16.3. The molecule has 0 saturated heterocycles. The molecule has 0 spiro atoms. The van der Waals surface area contributed by atoms with Crippen LogP contribution in [0.2, 0.25) is 0 Å². The Morgan fingerprint density at radius 3 is 1.93 bits per heavy atom. The lowest BCUT2D eigenvalue weighted by Crippen LogP contribution is -2.43. The van der Waals surface area contributed by atoms with Gasteiger partial charge in [0.2, 0.25) is 0 Å². The maximum absolute atomic E-state index is 13.0. The SMILES string of the molecule is O=C(N/N=C\c1ccc2ccccc2c1)C(O)(c1ccccc1)c1ccccc1. The summed E-state index contributed by atoms with van der Waals surface area (Å²) in [6.07, 6.45) is 1.57. The number of fused-ring (bicyclic) bond motifs is 1. The van der Waals surface area contributed by atoms with Crippen LogP contribution in [0.15, 0.2) is 108 Å². The fourth-order valence-corrected chi connectivity index (χ4v) is 3.32. The predicted octanol–water partition coefficient (Wildman–Crippen LogP) is 4.23. The van der Waals surface area contributed by atoms with Gasteiger partial charge in [0.05, 0.1) is 6.21 Å². The first kappa shape index (κ1) is 18.6. The van der Waals surface area contributed by atoms with Crippen LogP contribution in [0.1, 0.15) is 16.7 Å². The van der Waals surface area contributed by atoms with Gasteiger partial charge in [0.25, 0.3) is 5.91 Å². The standard InChI is InChI=1S/C25H20N2O2/c28-24(27-26-18-19-15-16-20-9-7-8-10-21(20)17-19)25(29,22-11-3-1-4-12-22)23-13-5-2-6-14-23/h1-18,29H,(H,27,28)/b26-18-. The zero-order valence-electron chi connectivity index (χ0n) is 15.7. The average Bonchev–Trinajstić information content (AvgIpc) is 2.79. The van der Waals surface area contributed by atoms with Gasteiger partial charge in [0, 0.05) is 0 Å². The molecule has 0 heterocycles. The molecule has 4 nitrogen and oxygen atoms in total. The highest BCUT2D eigenvalue weighted by Crippen LogP contribution is 2.29. The highest BCUT2D eigenvalue weighted by Gasteiger charge is 2.39. The quantitative estimate of drug-likeness (QED) is 0.402. The van der Waals surface area contributed by atoms with E-state index in [-0.39, 0.29) is 0 Å². The minimum Gasteiger partial charge on any atom is -0.372 e. The van der Waals surface area contributed by atoms with E-state index in [0.717, 1.165) is 16.3 Å². The Labute approximate surface area is 169 Å². The Morgan fingerprint density at radius 2 is 1.31 bits per heavy atom. The number of carbonyl (C=O) groups excluding carboxylic acids is 1. The topological polar surface area (TPSA) is 61.7 Å². The maximum atomic E-state index is 13.0. The smallest absolute Gasteiger partial charge is 0.281 e. The molecule has 0 saturated carbocycles. The van der Waals surface area contributed by atoms with Gasteiger partial charge in [-0.15, -0.1) is 0 Å². The van der Waals surface area contributed by atoms with Crippen LogP contribution in [-0.4, -0.2) is 17.2 Å². The summed E-state index contributed by atoms with van der Waals surface area (Å²) in [5.41, 5.74) is 2.46. The molecule has 4 heteroatoms. The molecule has 0 aliphatic rings. The number of carbonyl (C=O) groups is 1. The number of aliphatic hydroxyl groups is 1. The minimum atomic E-state index is -1.84. The summed E-state index contributed by atoms with van der Waals surface area (Å²) in [6.45, 7) is 0. The molecular formula is C25H20N2O2. The number of hydrogen-bond donors (Lipinski definition) is 2. The van der Waals surface area contributed by atoms with Crippen molar-refractivity contribution in [2.24, 2.45) is 5.10 Å². The van der Waals surface area contributed by atoms with E-state index in [1.54, 1.807) is 54.7 Å². The third kappa shape index (κ3) is 3.79. The fourth-order valence-electron chi connectivity index (χ4n) is 3.32. The molecule has 0 aliphatic carbocycles. The molecule has 2 N–H and O–H groups in total. The van der Waals surface area contributed by atoms with Gasteiger partial charge in [-0.25, -0.2) is 5.43 Å². The number of benzene rings is 4. The predicted molar refractivity (Wildman–Crippen MR) is 116 cm³/mol. The van der Waals surface area contributed by atoms with E-state index < -0.39 is 11.5 Å². The Morgan fingerprint density at radius 1 is 0.759 bits per heavy atom. The van der Waals surface area contributed by atoms with Gasteiger partial charge in [-0.1, -0.05) is 97.1 Å². The lowest BCUT2D eigenvalue weighted by atomic mass is 9.85. The molecular weight excluding hydrogens is 360 g/mol. The fraction of sp³-hybridized carbons (Fsp3) is 0.0400. The summed E-state index contributed by atoms with van der Waals surface area (Å²) in [7, 11) is 0. The minimum absolute atomic E-state index is 0.476. The number of hydrazone groups is 1. The van der Waals surface area contributed by atoms with Crippen LogP contribution < -0.4 is 5.43 Å². The molecule has 0 bridgehead atoms. The monoisotopic (exact) mass is 380 g/mol. The lowest BCUT2D eigenvalue weighted by Gasteiger charge is -2.27. The van der Waals surface area contributed by atoms with Gasteiger partial charge in [-0.2, -0.15) is 5.10 Å². The van der Waals surface area contributed by atoms with Crippen LogP contribution in [0.25, 0.3) is 10.8 Å². The van der Waals surface area contributed by atoms with Crippen LogP contribution in [0.4, 0.5) is 0 Å². The first-order valence-corrected chi connectivity index (χ1v) is 9.33. The number of hydrogen-bond acceptors (Lipinski definition) is 3. The maximum Gasteiger partial charge on any atom is 0.281 e. The summed E-state index contributed by atoms with van der Waals surface area (Å²) in [5.74, 6) is -0.619. The number of amides is 1. The van der Waals surface area contributed by atoms with Crippen LogP contribution in [0.5, 0.6) is 0 Å².